The van der Waals surface area contributed by atoms with Gasteiger partial charge in [-0.3, -0.25) is 4.79 Å². The third kappa shape index (κ3) is 3.29. The van der Waals surface area contributed by atoms with E-state index < -0.39 is 0 Å². The first kappa shape index (κ1) is 11.5. The summed E-state index contributed by atoms with van der Waals surface area (Å²) in [6, 6.07) is 0. The van der Waals surface area contributed by atoms with Crippen molar-refractivity contribution in [2.75, 3.05) is 26.7 Å². The fourth-order valence-electron chi connectivity index (χ4n) is 2.26. The molecule has 1 heterocycles. The van der Waals surface area contributed by atoms with Crippen molar-refractivity contribution in [1.29, 1.82) is 0 Å². The van der Waals surface area contributed by atoms with Gasteiger partial charge in [0.05, 0.1) is 0 Å². The highest BCUT2D eigenvalue weighted by Crippen LogP contribution is 2.21. The number of carbonyl (C=O) groups excluding carboxylic acids is 1. The number of amides is 1. The van der Waals surface area contributed by atoms with E-state index >= 15 is 0 Å². The summed E-state index contributed by atoms with van der Waals surface area (Å²) in [6.45, 7) is 7.15. The summed E-state index contributed by atoms with van der Waals surface area (Å²) in [4.78, 5) is 13.8. The van der Waals surface area contributed by atoms with Gasteiger partial charge in [0.1, 0.15) is 0 Å². The van der Waals surface area contributed by atoms with Crippen molar-refractivity contribution in [3.05, 3.63) is 0 Å². The lowest BCUT2D eigenvalue weighted by Gasteiger charge is -2.35. The van der Waals surface area contributed by atoms with Crippen LogP contribution >= 0.6 is 0 Å². The van der Waals surface area contributed by atoms with E-state index in [0.717, 1.165) is 19.6 Å². The molecule has 82 valence electrons. The van der Waals surface area contributed by atoms with Gasteiger partial charge in [0, 0.05) is 26.1 Å². The average molecular weight is 198 g/mol. The number of nitrogens with one attached hydrogen (secondary N) is 1. The normalized spacial score (nSPS) is 27.8. The van der Waals surface area contributed by atoms with Gasteiger partial charge < -0.3 is 10.2 Å². The molecule has 0 aromatic carbocycles. The Balaban J connectivity index is 2.38. The maximum Gasteiger partial charge on any atom is 0.223 e. The summed E-state index contributed by atoms with van der Waals surface area (Å²) in [6.07, 6.45) is 1.89. The van der Waals surface area contributed by atoms with Crippen LogP contribution in [-0.4, -0.2) is 37.5 Å². The highest BCUT2D eigenvalue weighted by atomic mass is 16.2. The Labute approximate surface area is 86.9 Å². The molecule has 1 aliphatic rings. The molecule has 1 N–H and O–H groups in total. The van der Waals surface area contributed by atoms with Crippen LogP contribution in [0.25, 0.3) is 0 Å². The second-order valence-electron chi connectivity index (χ2n) is 4.60. The van der Waals surface area contributed by atoms with Gasteiger partial charge in [0.15, 0.2) is 0 Å². The van der Waals surface area contributed by atoms with Crippen molar-refractivity contribution in [2.24, 2.45) is 11.8 Å². The van der Waals surface area contributed by atoms with Gasteiger partial charge in [0.25, 0.3) is 0 Å². The van der Waals surface area contributed by atoms with E-state index in [1.807, 2.05) is 11.9 Å². The van der Waals surface area contributed by atoms with E-state index in [-0.39, 0.29) is 0 Å². The van der Waals surface area contributed by atoms with Crippen LogP contribution in [0.15, 0.2) is 0 Å². The van der Waals surface area contributed by atoms with E-state index in [9.17, 15) is 4.79 Å². The number of carbonyl (C=O) groups is 1. The van der Waals surface area contributed by atoms with Crippen molar-refractivity contribution in [2.45, 2.75) is 26.7 Å². The zero-order valence-electron chi connectivity index (χ0n) is 9.55. The predicted molar refractivity (Wildman–Crippen MR) is 58.1 cm³/mol. The van der Waals surface area contributed by atoms with Crippen LogP contribution < -0.4 is 5.32 Å². The number of piperidine rings is 1. The highest BCUT2D eigenvalue weighted by molar-refractivity contribution is 5.76. The van der Waals surface area contributed by atoms with Crippen molar-refractivity contribution < 1.29 is 4.79 Å². The Morgan fingerprint density at radius 2 is 1.93 bits per heavy atom. The topological polar surface area (TPSA) is 32.3 Å². The minimum atomic E-state index is 0.303. The molecule has 1 rings (SSSR count). The Kier molecular flexibility index (Phi) is 4.39. The molecule has 0 spiro atoms. The monoisotopic (exact) mass is 198 g/mol. The summed E-state index contributed by atoms with van der Waals surface area (Å²) in [5.41, 5.74) is 0. The molecule has 14 heavy (non-hydrogen) atoms. The summed E-state index contributed by atoms with van der Waals surface area (Å²) in [5, 5.41) is 3.01. The van der Waals surface area contributed by atoms with Gasteiger partial charge in [-0.05, 0) is 25.3 Å². The van der Waals surface area contributed by atoms with Crippen molar-refractivity contribution in [3.8, 4) is 0 Å². The van der Waals surface area contributed by atoms with Crippen LogP contribution in [0.2, 0.25) is 0 Å². The zero-order valence-corrected chi connectivity index (χ0v) is 9.55. The first-order valence-electron chi connectivity index (χ1n) is 5.55. The van der Waals surface area contributed by atoms with Crippen molar-refractivity contribution >= 4 is 5.91 Å². The van der Waals surface area contributed by atoms with Gasteiger partial charge in [-0.2, -0.15) is 0 Å². The molecule has 1 amide bonds. The molecule has 3 heteroatoms. The molecule has 1 aliphatic heterocycles. The smallest absolute Gasteiger partial charge is 0.223 e. The van der Waals surface area contributed by atoms with Crippen LogP contribution in [0, 0.1) is 11.8 Å². The number of hydrogen-bond acceptors (Lipinski definition) is 2. The first-order chi connectivity index (χ1) is 6.63. The Bertz CT molecular complexity index is 184. The fourth-order valence-corrected chi connectivity index (χ4v) is 2.26. The molecule has 0 radical (unpaired) electrons. The molecule has 0 aliphatic carbocycles. The lowest BCUT2D eigenvalue weighted by Crippen LogP contribution is -2.43. The lowest BCUT2D eigenvalue weighted by molar-refractivity contribution is -0.133. The van der Waals surface area contributed by atoms with Crippen LogP contribution in [0.3, 0.4) is 0 Å². The molecule has 0 saturated carbocycles. The zero-order chi connectivity index (χ0) is 10.6. The predicted octanol–water partition coefficient (Wildman–Crippen LogP) is 1.10. The molecular weight excluding hydrogens is 176 g/mol. The minimum absolute atomic E-state index is 0.303. The molecule has 0 bridgehead atoms. The summed E-state index contributed by atoms with van der Waals surface area (Å²) in [5.74, 6) is 1.63. The molecular formula is C11H22N2O. The third-order valence-corrected chi connectivity index (χ3v) is 2.81. The SMILES string of the molecule is CNCCC(=O)N1CC(C)CC(C)C1. The standard InChI is InChI=1S/C11H22N2O/c1-9-6-10(2)8-13(7-9)11(14)4-5-12-3/h9-10,12H,4-8H2,1-3H3. The third-order valence-electron chi connectivity index (χ3n) is 2.81. The van der Waals surface area contributed by atoms with Gasteiger partial charge in [0.2, 0.25) is 5.91 Å². The van der Waals surface area contributed by atoms with Crippen molar-refractivity contribution in [1.82, 2.24) is 10.2 Å². The second-order valence-corrected chi connectivity index (χ2v) is 4.60. The number of nitrogens with zero attached hydrogens (tertiary/aromatic N) is 1. The van der Waals surface area contributed by atoms with E-state index in [0.29, 0.717) is 24.2 Å². The van der Waals surface area contributed by atoms with E-state index in [1.54, 1.807) is 0 Å². The van der Waals surface area contributed by atoms with E-state index in [4.69, 9.17) is 0 Å². The maximum atomic E-state index is 11.7. The fraction of sp³-hybridized carbons (Fsp3) is 0.909. The second kappa shape index (κ2) is 5.35. The molecule has 2 atom stereocenters. The molecule has 1 saturated heterocycles. The summed E-state index contributed by atoms with van der Waals surface area (Å²) in [7, 11) is 1.88. The Morgan fingerprint density at radius 3 is 2.43 bits per heavy atom. The van der Waals surface area contributed by atoms with E-state index in [2.05, 4.69) is 19.2 Å². The molecule has 0 aromatic rings. The van der Waals surface area contributed by atoms with Gasteiger partial charge >= 0.3 is 0 Å². The minimum Gasteiger partial charge on any atom is -0.342 e. The highest BCUT2D eigenvalue weighted by Gasteiger charge is 2.24. The Morgan fingerprint density at radius 1 is 1.36 bits per heavy atom. The number of rotatable bonds is 3. The summed E-state index contributed by atoms with van der Waals surface area (Å²) >= 11 is 0. The number of likely N-dealkylation sites (tertiary alicyclic amines) is 1. The molecule has 0 aromatic heterocycles. The van der Waals surface area contributed by atoms with E-state index in [1.165, 1.54) is 6.42 Å². The van der Waals surface area contributed by atoms with Gasteiger partial charge in [-0.25, -0.2) is 0 Å². The van der Waals surface area contributed by atoms with Crippen LogP contribution in [0.5, 0.6) is 0 Å². The quantitative estimate of drug-likeness (QED) is 0.736. The molecule has 2 unspecified atom stereocenters. The van der Waals surface area contributed by atoms with Crippen LogP contribution in [0.4, 0.5) is 0 Å². The van der Waals surface area contributed by atoms with Gasteiger partial charge in [-0.1, -0.05) is 13.8 Å². The molecule has 1 fully saturated rings. The Hall–Kier alpha value is -0.570. The number of hydrogen-bond donors (Lipinski definition) is 1. The largest absolute Gasteiger partial charge is 0.342 e. The van der Waals surface area contributed by atoms with Crippen molar-refractivity contribution in [3.63, 3.8) is 0 Å². The van der Waals surface area contributed by atoms with Crippen LogP contribution in [0.1, 0.15) is 26.7 Å². The lowest BCUT2D eigenvalue weighted by atomic mass is 9.92. The average Bonchev–Trinajstić information content (AvgIpc) is 2.12. The van der Waals surface area contributed by atoms with Crippen LogP contribution in [-0.2, 0) is 4.79 Å². The maximum absolute atomic E-state index is 11.7. The summed E-state index contributed by atoms with van der Waals surface area (Å²) < 4.78 is 0. The molecule has 3 nitrogen and oxygen atoms in total. The first-order valence-corrected chi connectivity index (χ1v) is 5.55. The van der Waals surface area contributed by atoms with Gasteiger partial charge in [-0.15, -0.1) is 0 Å².